The molecule has 2 aromatic carbocycles. The average molecular weight is 445 g/mol. The summed E-state index contributed by atoms with van der Waals surface area (Å²) in [6.07, 6.45) is 1.75. The lowest BCUT2D eigenvalue weighted by atomic mass is 10.3. The van der Waals surface area contributed by atoms with E-state index in [0.717, 1.165) is 5.75 Å². The Morgan fingerprint density at radius 3 is 2.77 bits per heavy atom. The van der Waals surface area contributed by atoms with E-state index in [4.69, 9.17) is 21.1 Å². The van der Waals surface area contributed by atoms with Crippen LogP contribution in [-0.2, 0) is 17.9 Å². The molecule has 7 nitrogen and oxygen atoms in total. The van der Waals surface area contributed by atoms with Crippen LogP contribution in [0, 0.1) is 0 Å². The lowest BCUT2D eigenvalue weighted by Crippen LogP contribution is -2.15. The van der Waals surface area contributed by atoms with Crippen molar-refractivity contribution in [2.45, 2.75) is 18.3 Å². The summed E-state index contributed by atoms with van der Waals surface area (Å²) in [5, 5.41) is 12.2. The van der Waals surface area contributed by atoms with Crippen molar-refractivity contribution in [1.82, 2.24) is 14.8 Å². The molecular weight excluding hydrogens is 424 g/mol. The lowest BCUT2D eigenvalue weighted by molar-refractivity contribution is -0.113. The molecule has 0 unspecified atom stereocenters. The van der Waals surface area contributed by atoms with Crippen LogP contribution >= 0.6 is 23.4 Å². The maximum absolute atomic E-state index is 12.3. The predicted molar refractivity (Wildman–Crippen MR) is 118 cm³/mol. The lowest BCUT2D eigenvalue weighted by Gasteiger charge is -2.10. The fraction of sp³-hybridized carbons (Fsp3) is 0.190. The van der Waals surface area contributed by atoms with Crippen molar-refractivity contribution < 1.29 is 14.3 Å². The molecule has 0 aliphatic rings. The SMILES string of the molecule is C=CCn1c(COc2ccccc2)nnc1SCC(=O)Nc1ccc(OC)c(Cl)c1. The van der Waals surface area contributed by atoms with Crippen molar-refractivity contribution in [3.63, 3.8) is 0 Å². The molecule has 0 atom stereocenters. The molecule has 9 heteroatoms. The van der Waals surface area contributed by atoms with Gasteiger partial charge in [0.05, 0.1) is 17.9 Å². The molecule has 156 valence electrons. The fourth-order valence-electron chi connectivity index (χ4n) is 2.58. The number of hydrogen-bond donors (Lipinski definition) is 1. The molecule has 0 aliphatic heterocycles. The maximum Gasteiger partial charge on any atom is 0.234 e. The highest BCUT2D eigenvalue weighted by Gasteiger charge is 2.14. The van der Waals surface area contributed by atoms with E-state index in [1.807, 2.05) is 34.9 Å². The number of carbonyl (C=O) groups is 1. The Morgan fingerprint density at radius 2 is 2.07 bits per heavy atom. The zero-order valence-corrected chi connectivity index (χ0v) is 17.9. The summed E-state index contributed by atoms with van der Waals surface area (Å²) >= 11 is 7.38. The van der Waals surface area contributed by atoms with Gasteiger partial charge in [-0.25, -0.2) is 0 Å². The van der Waals surface area contributed by atoms with Gasteiger partial charge in [0.2, 0.25) is 5.91 Å². The van der Waals surface area contributed by atoms with Crippen molar-refractivity contribution in [3.8, 4) is 11.5 Å². The second-order valence-electron chi connectivity index (χ2n) is 6.09. The molecule has 1 heterocycles. The number of anilines is 1. The summed E-state index contributed by atoms with van der Waals surface area (Å²) in [5.41, 5.74) is 0.593. The number of benzene rings is 2. The molecule has 0 saturated carbocycles. The number of methoxy groups -OCH3 is 1. The van der Waals surface area contributed by atoms with Crippen LogP contribution in [0.4, 0.5) is 5.69 Å². The summed E-state index contributed by atoms with van der Waals surface area (Å²) in [6, 6.07) is 14.5. The van der Waals surface area contributed by atoms with Gasteiger partial charge in [0.15, 0.2) is 11.0 Å². The van der Waals surface area contributed by atoms with E-state index in [9.17, 15) is 4.79 Å². The Bertz CT molecular complexity index is 1010. The van der Waals surface area contributed by atoms with Gasteiger partial charge in [-0.2, -0.15) is 0 Å². The molecule has 0 bridgehead atoms. The topological polar surface area (TPSA) is 78.3 Å². The highest BCUT2D eigenvalue weighted by atomic mass is 35.5. The number of allylic oxidation sites excluding steroid dienone is 1. The second kappa shape index (κ2) is 10.7. The Morgan fingerprint density at radius 1 is 1.27 bits per heavy atom. The summed E-state index contributed by atoms with van der Waals surface area (Å²) in [7, 11) is 1.54. The van der Waals surface area contributed by atoms with Crippen molar-refractivity contribution >= 4 is 35.0 Å². The first-order chi connectivity index (χ1) is 14.6. The second-order valence-corrected chi connectivity index (χ2v) is 7.44. The highest BCUT2D eigenvalue weighted by Crippen LogP contribution is 2.27. The smallest absolute Gasteiger partial charge is 0.234 e. The van der Waals surface area contributed by atoms with Crippen LogP contribution in [0.2, 0.25) is 5.02 Å². The molecule has 1 N–H and O–H groups in total. The van der Waals surface area contributed by atoms with E-state index in [2.05, 4.69) is 22.1 Å². The van der Waals surface area contributed by atoms with E-state index in [-0.39, 0.29) is 18.3 Å². The van der Waals surface area contributed by atoms with Crippen LogP contribution in [0.1, 0.15) is 5.82 Å². The maximum atomic E-state index is 12.3. The molecular formula is C21H21ClN4O3S. The molecule has 1 aromatic heterocycles. The van der Waals surface area contributed by atoms with E-state index >= 15 is 0 Å². The van der Waals surface area contributed by atoms with E-state index in [1.54, 1.807) is 24.3 Å². The van der Waals surface area contributed by atoms with Crippen molar-refractivity contribution in [2.75, 3.05) is 18.2 Å². The third kappa shape index (κ3) is 5.77. The Hall–Kier alpha value is -2.97. The fourth-order valence-corrected chi connectivity index (χ4v) is 3.61. The van der Waals surface area contributed by atoms with Gasteiger partial charge in [-0.1, -0.05) is 47.6 Å². The van der Waals surface area contributed by atoms with Gasteiger partial charge >= 0.3 is 0 Å². The van der Waals surface area contributed by atoms with E-state index < -0.39 is 0 Å². The minimum Gasteiger partial charge on any atom is -0.495 e. The Kier molecular flexibility index (Phi) is 7.75. The van der Waals surface area contributed by atoms with Crippen LogP contribution in [0.3, 0.4) is 0 Å². The number of amides is 1. The first-order valence-corrected chi connectivity index (χ1v) is 10.4. The van der Waals surface area contributed by atoms with Crippen molar-refractivity contribution in [2.24, 2.45) is 0 Å². The third-order valence-corrected chi connectivity index (χ3v) is 5.25. The van der Waals surface area contributed by atoms with Crippen LogP contribution in [0.25, 0.3) is 0 Å². The van der Waals surface area contributed by atoms with Gasteiger partial charge in [-0.15, -0.1) is 16.8 Å². The Labute approximate surface area is 184 Å². The van der Waals surface area contributed by atoms with Crippen LogP contribution in [0.5, 0.6) is 11.5 Å². The monoisotopic (exact) mass is 444 g/mol. The van der Waals surface area contributed by atoms with Gasteiger partial charge < -0.3 is 14.8 Å². The average Bonchev–Trinajstić information content (AvgIpc) is 3.13. The van der Waals surface area contributed by atoms with E-state index in [1.165, 1.54) is 18.9 Å². The van der Waals surface area contributed by atoms with Crippen LogP contribution in [-0.4, -0.2) is 33.5 Å². The molecule has 1 amide bonds. The number of nitrogens with zero attached hydrogens (tertiary/aromatic N) is 3. The minimum absolute atomic E-state index is 0.165. The van der Waals surface area contributed by atoms with Crippen molar-refractivity contribution in [3.05, 3.63) is 72.0 Å². The number of rotatable bonds is 10. The molecule has 0 spiro atoms. The number of para-hydroxylation sites is 1. The molecule has 0 radical (unpaired) electrons. The van der Waals surface area contributed by atoms with Crippen LogP contribution in [0.15, 0.2) is 66.3 Å². The first kappa shape index (κ1) is 21.7. The van der Waals surface area contributed by atoms with Gasteiger partial charge in [0.25, 0.3) is 0 Å². The minimum atomic E-state index is -0.184. The number of aromatic nitrogens is 3. The zero-order valence-electron chi connectivity index (χ0n) is 16.4. The predicted octanol–water partition coefficient (Wildman–Crippen LogP) is 4.44. The summed E-state index contributed by atoms with van der Waals surface area (Å²) in [5.74, 6) is 1.93. The molecule has 3 rings (SSSR count). The molecule has 0 saturated heterocycles. The van der Waals surface area contributed by atoms with Crippen molar-refractivity contribution in [1.29, 1.82) is 0 Å². The van der Waals surface area contributed by atoms with Crippen LogP contribution < -0.4 is 14.8 Å². The molecule has 30 heavy (non-hydrogen) atoms. The third-order valence-electron chi connectivity index (χ3n) is 3.98. The number of thioether (sulfide) groups is 1. The number of halogens is 1. The Balaban J connectivity index is 1.60. The van der Waals surface area contributed by atoms with E-state index in [0.29, 0.717) is 34.0 Å². The standard InChI is InChI=1S/C21H21ClN4O3S/c1-3-11-26-19(13-29-16-7-5-4-6-8-16)24-25-21(26)30-14-20(27)23-15-9-10-18(28-2)17(22)12-15/h3-10,12H,1,11,13-14H2,2H3,(H,23,27). The largest absolute Gasteiger partial charge is 0.495 e. The molecule has 3 aromatic rings. The number of ether oxygens (including phenoxy) is 2. The highest BCUT2D eigenvalue weighted by molar-refractivity contribution is 7.99. The summed E-state index contributed by atoms with van der Waals surface area (Å²) < 4.78 is 12.7. The van der Waals surface area contributed by atoms with Gasteiger partial charge in [0, 0.05) is 12.2 Å². The summed E-state index contributed by atoms with van der Waals surface area (Å²) in [4.78, 5) is 12.3. The van der Waals surface area contributed by atoms with Gasteiger partial charge in [0.1, 0.15) is 18.1 Å². The molecule has 0 fully saturated rings. The number of hydrogen-bond acceptors (Lipinski definition) is 6. The number of nitrogens with one attached hydrogen (secondary N) is 1. The molecule has 0 aliphatic carbocycles. The summed E-state index contributed by atoms with van der Waals surface area (Å²) in [6.45, 7) is 4.56. The quantitative estimate of drug-likeness (QED) is 0.368. The zero-order chi connectivity index (χ0) is 21.3. The normalized spacial score (nSPS) is 10.5. The first-order valence-electron chi connectivity index (χ1n) is 9.07. The van der Waals surface area contributed by atoms with Gasteiger partial charge in [-0.05, 0) is 30.3 Å². The van der Waals surface area contributed by atoms with Gasteiger partial charge in [-0.3, -0.25) is 9.36 Å². The number of carbonyl (C=O) groups excluding carboxylic acids is 1.